The van der Waals surface area contributed by atoms with Gasteiger partial charge in [-0.2, -0.15) is 0 Å². The lowest BCUT2D eigenvalue weighted by Gasteiger charge is -2.29. The molecule has 0 saturated carbocycles. The number of aliphatic hydroxyl groups excluding tert-OH is 1. The fraction of sp³-hybridized carbons (Fsp3) is 0.636. The molecule has 0 spiro atoms. The lowest BCUT2D eigenvalue weighted by atomic mass is 9.83. The Hall–Kier alpha value is -1.16. The molecule has 0 radical (unpaired) electrons. The summed E-state index contributed by atoms with van der Waals surface area (Å²) in [6.45, 7) is 5.15. The third-order valence-electron chi connectivity index (χ3n) is 3.06. The van der Waals surface area contributed by atoms with Crippen LogP contribution in [0.25, 0.3) is 0 Å². The predicted octanol–water partition coefficient (Wildman–Crippen LogP) is 1.69. The topological polar surface area (TPSA) is 58.0 Å². The maximum absolute atomic E-state index is 9.38. The molecule has 0 aliphatic carbocycles. The summed E-state index contributed by atoms with van der Waals surface area (Å²) in [4.78, 5) is 7.93. The Morgan fingerprint density at radius 2 is 2.13 bits per heavy atom. The molecule has 84 valence electrons. The van der Waals surface area contributed by atoms with E-state index in [0.29, 0.717) is 0 Å². The first-order valence-electron chi connectivity index (χ1n) is 5.37. The van der Waals surface area contributed by atoms with E-state index in [0.717, 1.165) is 25.2 Å². The van der Waals surface area contributed by atoms with E-state index in [1.165, 1.54) is 6.33 Å². The van der Waals surface area contributed by atoms with Crippen LogP contribution in [-0.4, -0.2) is 28.2 Å². The van der Waals surface area contributed by atoms with Crippen molar-refractivity contribution in [3.05, 3.63) is 18.6 Å². The van der Waals surface area contributed by atoms with E-state index in [2.05, 4.69) is 29.1 Å². The Kier molecular flexibility index (Phi) is 4.49. The minimum atomic E-state index is -0.0368. The summed E-state index contributed by atoms with van der Waals surface area (Å²) in [7, 11) is 0. The summed E-state index contributed by atoms with van der Waals surface area (Å²) in [6, 6.07) is 1.83. The summed E-state index contributed by atoms with van der Waals surface area (Å²) < 4.78 is 0. The first-order chi connectivity index (χ1) is 7.26. The predicted molar refractivity (Wildman–Crippen MR) is 60.6 cm³/mol. The zero-order chi connectivity index (χ0) is 11.1. The summed E-state index contributed by atoms with van der Waals surface area (Å²) in [6.07, 6.45) is 5.13. The van der Waals surface area contributed by atoms with Crippen molar-refractivity contribution in [3.63, 3.8) is 0 Å². The van der Waals surface area contributed by atoms with Crippen LogP contribution in [0.4, 0.5) is 5.82 Å². The average Bonchev–Trinajstić information content (AvgIpc) is 2.33. The second-order valence-electron chi connectivity index (χ2n) is 3.81. The van der Waals surface area contributed by atoms with E-state index in [1.54, 1.807) is 6.20 Å². The molecule has 0 aromatic carbocycles. The van der Waals surface area contributed by atoms with Gasteiger partial charge in [0, 0.05) is 18.2 Å². The normalized spacial score (nSPS) is 11.4. The lowest BCUT2D eigenvalue weighted by Crippen LogP contribution is -2.32. The third-order valence-corrected chi connectivity index (χ3v) is 3.06. The molecule has 0 bridgehead atoms. The van der Waals surface area contributed by atoms with Gasteiger partial charge in [0.2, 0.25) is 0 Å². The van der Waals surface area contributed by atoms with Crippen molar-refractivity contribution in [1.82, 2.24) is 9.97 Å². The fourth-order valence-corrected chi connectivity index (χ4v) is 1.45. The highest BCUT2D eigenvalue weighted by molar-refractivity contribution is 5.31. The van der Waals surface area contributed by atoms with Crippen molar-refractivity contribution in [1.29, 1.82) is 0 Å². The van der Waals surface area contributed by atoms with Crippen LogP contribution >= 0.6 is 0 Å². The maximum Gasteiger partial charge on any atom is 0.129 e. The standard InChI is InChI=1S/C11H19N3O/c1-3-11(4-2,8-15)7-13-10-5-6-12-9-14-10/h5-6,9,15H,3-4,7-8H2,1-2H3,(H,12,13,14). The van der Waals surface area contributed by atoms with Gasteiger partial charge in [0.15, 0.2) is 0 Å². The van der Waals surface area contributed by atoms with E-state index in [-0.39, 0.29) is 12.0 Å². The van der Waals surface area contributed by atoms with Crippen molar-refractivity contribution in [2.75, 3.05) is 18.5 Å². The SMILES string of the molecule is CCC(CC)(CO)CNc1ccncn1. The molecule has 1 aromatic heterocycles. The molecular weight excluding hydrogens is 190 g/mol. The maximum atomic E-state index is 9.38. The molecule has 15 heavy (non-hydrogen) atoms. The molecule has 0 unspecified atom stereocenters. The zero-order valence-electron chi connectivity index (χ0n) is 9.40. The van der Waals surface area contributed by atoms with Crippen LogP contribution in [0.2, 0.25) is 0 Å². The van der Waals surface area contributed by atoms with E-state index in [1.807, 2.05) is 6.07 Å². The van der Waals surface area contributed by atoms with E-state index in [4.69, 9.17) is 0 Å². The first kappa shape index (κ1) is 11.9. The zero-order valence-corrected chi connectivity index (χ0v) is 9.40. The highest BCUT2D eigenvalue weighted by atomic mass is 16.3. The van der Waals surface area contributed by atoms with E-state index >= 15 is 0 Å². The van der Waals surface area contributed by atoms with Gasteiger partial charge in [-0.3, -0.25) is 0 Å². The summed E-state index contributed by atoms with van der Waals surface area (Å²) in [5, 5.41) is 12.6. The highest BCUT2D eigenvalue weighted by Crippen LogP contribution is 2.25. The van der Waals surface area contributed by atoms with Gasteiger partial charge in [0.05, 0.1) is 6.61 Å². The number of nitrogens with zero attached hydrogens (tertiary/aromatic N) is 2. The third kappa shape index (κ3) is 3.16. The van der Waals surface area contributed by atoms with Crippen LogP contribution in [0, 0.1) is 5.41 Å². The first-order valence-corrected chi connectivity index (χ1v) is 5.37. The Morgan fingerprint density at radius 3 is 2.60 bits per heavy atom. The Morgan fingerprint density at radius 1 is 1.40 bits per heavy atom. The second-order valence-corrected chi connectivity index (χ2v) is 3.81. The molecule has 4 heteroatoms. The van der Waals surface area contributed by atoms with E-state index in [9.17, 15) is 5.11 Å². The molecule has 0 saturated heterocycles. The minimum absolute atomic E-state index is 0.0368. The fourth-order valence-electron chi connectivity index (χ4n) is 1.45. The van der Waals surface area contributed by atoms with Gasteiger partial charge in [-0.15, -0.1) is 0 Å². The summed E-state index contributed by atoms with van der Waals surface area (Å²) >= 11 is 0. The molecule has 2 N–H and O–H groups in total. The van der Waals surface area contributed by atoms with Gasteiger partial charge >= 0.3 is 0 Å². The highest BCUT2D eigenvalue weighted by Gasteiger charge is 2.24. The van der Waals surface area contributed by atoms with Crippen LogP contribution in [0.1, 0.15) is 26.7 Å². The Bertz CT molecular complexity index is 264. The Balaban J connectivity index is 2.54. The number of hydrogen-bond acceptors (Lipinski definition) is 4. The second kappa shape index (κ2) is 5.66. The number of nitrogens with one attached hydrogen (secondary N) is 1. The number of rotatable bonds is 6. The number of aromatic nitrogens is 2. The molecule has 1 aromatic rings. The summed E-state index contributed by atoms with van der Waals surface area (Å²) in [5.74, 6) is 0.810. The molecule has 1 heterocycles. The number of hydrogen-bond donors (Lipinski definition) is 2. The quantitative estimate of drug-likeness (QED) is 0.748. The van der Waals surface area contributed by atoms with Crippen molar-refractivity contribution in [2.45, 2.75) is 26.7 Å². The molecule has 0 fully saturated rings. The number of anilines is 1. The average molecular weight is 209 g/mol. The van der Waals surface area contributed by atoms with Gasteiger partial charge in [0.1, 0.15) is 12.1 Å². The Labute approximate surface area is 90.8 Å². The van der Waals surface area contributed by atoms with Gasteiger partial charge in [-0.1, -0.05) is 13.8 Å². The van der Waals surface area contributed by atoms with Crippen molar-refractivity contribution in [3.8, 4) is 0 Å². The molecule has 1 rings (SSSR count). The monoisotopic (exact) mass is 209 g/mol. The van der Waals surface area contributed by atoms with E-state index < -0.39 is 0 Å². The molecule has 0 aliphatic heterocycles. The molecule has 4 nitrogen and oxygen atoms in total. The van der Waals surface area contributed by atoms with Gasteiger partial charge in [0.25, 0.3) is 0 Å². The number of aliphatic hydroxyl groups is 1. The van der Waals surface area contributed by atoms with Crippen LogP contribution in [0.3, 0.4) is 0 Å². The van der Waals surface area contributed by atoms with Crippen molar-refractivity contribution >= 4 is 5.82 Å². The van der Waals surface area contributed by atoms with Crippen LogP contribution < -0.4 is 5.32 Å². The lowest BCUT2D eigenvalue weighted by molar-refractivity contribution is 0.127. The molecule has 0 aliphatic rings. The van der Waals surface area contributed by atoms with Crippen molar-refractivity contribution in [2.24, 2.45) is 5.41 Å². The molecule has 0 amide bonds. The molecular formula is C11H19N3O. The summed E-state index contributed by atoms with van der Waals surface area (Å²) in [5.41, 5.74) is -0.0368. The van der Waals surface area contributed by atoms with Crippen LogP contribution in [-0.2, 0) is 0 Å². The molecule has 0 atom stereocenters. The largest absolute Gasteiger partial charge is 0.396 e. The van der Waals surface area contributed by atoms with Crippen molar-refractivity contribution < 1.29 is 5.11 Å². The smallest absolute Gasteiger partial charge is 0.129 e. The van der Waals surface area contributed by atoms with Gasteiger partial charge in [-0.25, -0.2) is 9.97 Å². The van der Waals surface area contributed by atoms with Gasteiger partial charge < -0.3 is 10.4 Å². The van der Waals surface area contributed by atoms with Crippen LogP contribution in [0.5, 0.6) is 0 Å². The van der Waals surface area contributed by atoms with Crippen LogP contribution in [0.15, 0.2) is 18.6 Å². The van der Waals surface area contributed by atoms with Gasteiger partial charge in [-0.05, 0) is 18.9 Å². The minimum Gasteiger partial charge on any atom is -0.396 e.